The van der Waals surface area contributed by atoms with E-state index >= 15 is 0 Å². The fraction of sp³-hybridized carbons (Fsp3) is 0.560. The van der Waals surface area contributed by atoms with Crippen molar-refractivity contribution in [2.45, 2.75) is 45.6 Å². The summed E-state index contributed by atoms with van der Waals surface area (Å²) in [5.74, 6) is 1.21. The molecule has 9 heteroatoms. The van der Waals surface area contributed by atoms with E-state index in [2.05, 4.69) is 21.1 Å². The highest BCUT2D eigenvalue weighted by molar-refractivity contribution is 9.10. The second kappa shape index (κ2) is 10.9. The lowest BCUT2D eigenvalue weighted by atomic mass is 9.90. The van der Waals surface area contributed by atoms with Crippen LogP contribution in [0.2, 0.25) is 0 Å². The summed E-state index contributed by atoms with van der Waals surface area (Å²) in [5, 5.41) is 4.11. The van der Waals surface area contributed by atoms with Gasteiger partial charge in [-0.2, -0.15) is 0 Å². The van der Waals surface area contributed by atoms with Crippen LogP contribution in [0.3, 0.4) is 0 Å². The largest absolute Gasteiger partial charge is 0.490 e. The van der Waals surface area contributed by atoms with Gasteiger partial charge in [0.25, 0.3) is 5.91 Å². The Kier molecular flexibility index (Phi) is 7.93. The minimum Gasteiger partial charge on any atom is -0.490 e. The predicted molar refractivity (Wildman–Crippen MR) is 130 cm³/mol. The molecule has 8 nitrogen and oxygen atoms in total. The molecule has 0 aliphatic carbocycles. The molecule has 0 spiro atoms. The molecule has 2 fully saturated rings. The Bertz CT molecular complexity index is 1020. The SMILES string of the molecule is Cc1onc(C(C)C)c1C(=O)N1CC[C@H](Oc2cccc(Br)c2)[C@@H](CC(=O)N2CCOCC2)C1. The van der Waals surface area contributed by atoms with E-state index in [1.54, 1.807) is 6.92 Å². The van der Waals surface area contributed by atoms with Crippen molar-refractivity contribution in [2.24, 2.45) is 5.92 Å². The van der Waals surface area contributed by atoms with Crippen LogP contribution in [-0.4, -0.2) is 72.3 Å². The minimum atomic E-state index is -0.170. The fourth-order valence-corrected chi connectivity index (χ4v) is 5.01. The van der Waals surface area contributed by atoms with Gasteiger partial charge in [0.05, 0.1) is 18.9 Å². The maximum absolute atomic E-state index is 13.5. The highest BCUT2D eigenvalue weighted by Gasteiger charge is 2.37. The second-order valence-electron chi connectivity index (χ2n) is 9.26. The number of benzene rings is 1. The predicted octanol–water partition coefficient (Wildman–Crippen LogP) is 4.03. The van der Waals surface area contributed by atoms with Gasteiger partial charge in [-0.05, 0) is 31.0 Å². The van der Waals surface area contributed by atoms with Crippen molar-refractivity contribution in [3.8, 4) is 5.75 Å². The average molecular weight is 534 g/mol. The number of aryl methyl sites for hydroxylation is 1. The molecule has 0 radical (unpaired) electrons. The molecule has 2 aliphatic rings. The lowest BCUT2D eigenvalue weighted by Gasteiger charge is -2.39. The summed E-state index contributed by atoms with van der Waals surface area (Å²) >= 11 is 3.49. The molecule has 184 valence electrons. The number of halogens is 1. The molecule has 4 rings (SSSR count). The van der Waals surface area contributed by atoms with Crippen LogP contribution in [0, 0.1) is 12.8 Å². The number of hydrogen-bond acceptors (Lipinski definition) is 6. The lowest BCUT2D eigenvalue weighted by molar-refractivity contribution is -0.137. The van der Waals surface area contributed by atoms with Crippen LogP contribution in [0.5, 0.6) is 5.75 Å². The van der Waals surface area contributed by atoms with E-state index < -0.39 is 0 Å². The Morgan fingerprint density at radius 2 is 1.97 bits per heavy atom. The van der Waals surface area contributed by atoms with Crippen LogP contribution in [0.1, 0.15) is 54.4 Å². The van der Waals surface area contributed by atoms with Gasteiger partial charge in [0.2, 0.25) is 5.91 Å². The first-order valence-electron chi connectivity index (χ1n) is 11.9. The Labute approximate surface area is 208 Å². The molecule has 0 N–H and O–H groups in total. The van der Waals surface area contributed by atoms with E-state index in [4.69, 9.17) is 14.0 Å². The number of carbonyl (C=O) groups is 2. The van der Waals surface area contributed by atoms with Crippen molar-refractivity contribution in [3.05, 3.63) is 45.8 Å². The van der Waals surface area contributed by atoms with Crippen LogP contribution >= 0.6 is 15.9 Å². The number of hydrogen-bond donors (Lipinski definition) is 0. The van der Waals surface area contributed by atoms with Crippen LogP contribution in [0.25, 0.3) is 0 Å². The molecule has 1 aromatic carbocycles. The van der Waals surface area contributed by atoms with E-state index in [9.17, 15) is 9.59 Å². The molecule has 0 bridgehead atoms. The van der Waals surface area contributed by atoms with E-state index in [0.29, 0.717) is 69.3 Å². The number of likely N-dealkylation sites (tertiary alicyclic amines) is 1. The average Bonchev–Trinajstić information content (AvgIpc) is 3.22. The summed E-state index contributed by atoms with van der Waals surface area (Å²) < 4.78 is 18.0. The third kappa shape index (κ3) is 5.63. The number of nitrogens with zero attached hydrogens (tertiary/aromatic N) is 3. The van der Waals surface area contributed by atoms with Crippen LogP contribution in [0.15, 0.2) is 33.3 Å². The first kappa shape index (κ1) is 24.7. The highest BCUT2D eigenvalue weighted by Crippen LogP contribution is 2.30. The van der Waals surface area contributed by atoms with Crippen LogP contribution in [-0.2, 0) is 9.53 Å². The number of amides is 2. The number of ether oxygens (including phenoxy) is 2. The second-order valence-corrected chi connectivity index (χ2v) is 10.2. The van der Waals surface area contributed by atoms with Crippen molar-refractivity contribution in [2.75, 3.05) is 39.4 Å². The number of carbonyl (C=O) groups excluding carboxylic acids is 2. The zero-order valence-electron chi connectivity index (χ0n) is 20.0. The third-order valence-electron chi connectivity index (χ3n) is 6.49. The molecule has 2 atom stereocenters. The molecule has 2 aromatic rings. The molecule has 2 amide bonds. The normalized spacial score (nSPS) is 21.1. The quantitative estimate of drug-likeness (QED) is 0.557. The summed E-state index contributed by atoms with van der Waals surface area (Å²) in [7, 11) is 0. The van der Waals surface area contributed by atoms with E-state index in [0.717, 1.165) is 10.2 Å². The topological polar surface area (TPSA) is 85.1 Å². The molecule has 2 saturated heterocycles. The molecule has 1 aromatic heterocycles. The fourth-order valence-electron chi connectivity index (χ4n) is 4.63. The van der Waals surface area contributed by atoms with Gasteiger partial charge < -0.3 is 23.8 Å². The molecular weight excluding hydrogens is 502 g/mol. The molecule has 0 unspecified atom stereocenters. The summed E-state index contributed by atoms with van der Waals surface area (Å²) in [4.78, 5) is 30.3. The standard InChI is InChI=1S/C25H32BrN3O5/c1-16(2)24-23(17(3)34-27-24)25(31)29-8-7-21(33-20-6-4-5-19(26)14-20)18(15-29)13-22(30)28-9-11-32-12-10-28/h4-6,14,16,18,21H,7-13,15H2,1-3H3/t18-,21-/m0/s1. The Morgan fingerprint density at radius 3 is 2.68 bits per heavy atom. The third-order valence-corrected chi connectivity index (χ3v) is 6.98. The van der Waals surface area contributed by atoms with E-state index in [1.807, 2.05) is 47.9 Å². The van der Waals surface area contributed by atoms with Gasteiger partial charge in [0.15, 0.2) is 0 Å². The van der Waals surface area contributed by atoms with Crippen molar-refractivity contribution >= 4 is 27.7 Å². The molecule has 3 heterocycles. The Hall–Kier alpha value is -2.39. The lowest BCUT2D eigenvalue weighted by Crippen LogP contribution is -2.50. The van der Waals surface area contributed by atoms with E-state index in [1.165, 1.54) is 0 Å². The molecule has 2 aliphatic heterocycles. The zero-order valence-corrected chi connectivity index (χ0v) is 21.5. The van der Waals surface area contributed by atoms with E-state index in [-0.39, 0.29) is 29.8 Å². The van der Waals surface area contributed by atoms with Gasteiger partial charge in [0.1, 0.15) is 23.2 Å². The zero-order chi connectivity index (χ0) is 24.2. The van der Waals surface area contributed by atoms with Crippen molar-refractivity contribution in [3.63, 3.8) is 0 Å². The minimum absolute atomic E-state index is 0.0764. The first-order chi connectivity index (χ1) is 16.3. The number of rotatable bonds is 6. The summed E-state index contributed by atoms with van der Waals surface area (Å²) in [5.41, 5.74) is 1.22. The summed E-state index contributed by atoms with van der Waals surface area (Å²) in [6.45, 7) is 9.07. The first-order valence-corrected chi connectivity index (χ1v) is 12.7. The van der Waals surface area contributed by atoms with Gasteiger partial charge in [-0.15, -0.1) is 0 Å². The van der Waals surface area contributed by atoms with Crippen molar-refractivity contribution in [1.29, 1.82) is 0 Å². The monoisotopic (exact) mass is 533 g/mol. The van der Waals surface area contributed by atoms with Gasteiger partial charge in [-0.25, -0.2) is 0 Å². The van der Waals surface area contributed by atoms with Crippen molar-refractivity contribution in [1.82, 2.24) is 15.0 Å². The van der Waals surface area contributed by atoms with Crippen molar-refractivity contribution < 1.29 is 23.6 Å². The smallest absolute Gasteiger partial charge is 0.259 e. The number of aromatic nitrogens is 1. The van der Waals surface area contributed by atoms with Gasteiger partial charge in [-0.3, -0.25) is 9.59 Å². The number of morpholine rings is 1. The van der Waals surface area contributed by atoms with Gasteiger partial charge in [0, 0.05) is 49.4 Å². The summed E-state index contributed by atoms with van der Waals surface area (Å²) in [6.07, 6.45) is 0.791. The highest BCUT2D eigenvalue weighted by atomic mass is 79.9. The molecule has 34 heavy (non-hydrogen) atoms. The summed E-state index contributed by atoms with van der Waals surface area (Å²) in [6, 6.07) is 7.71. The Morgan fingerprint density at radius 1 is 1.21 bits per heavy atom. The molecule has 0 saturated carbocycles. The van der Waals surface area contributed by atoms with Crippen LogP contribution < -0.4 is 4.74 Å². The Balaban J connectivity index is 1.53. The van der Waals surface area contributed by atoms with Gasteiger partial charge in [-0.1, -0.05) is 41.0 Å². The maximum Gasteiger partial charge on any atom is 0.259 e. The number of piperidine rings is 1. The van der Waals surface area contributed by atoms with Gasteiger partial charge >= 0.3 is 0 Å². The molecular formula is C25H32BrN3O5. The maximum atomic E-state index is 13.5. The van der Waals surface area contributed by atoms with Crippen LogP contribution in [0.4, 0.5) is 0 Å².